The lowest BCUT2D eigenvalue weighted by Crippen LogP contribution is -2.14. The summed E-state index contributed by atoms with van der Waals surface area (Å²) in [5, 5.41) is 8.97. The number of rotatable bonds is 3. The summed E-state index contributed by atoms with van der Waals surface area (Å²) in [6.45, 7) is 1.86. The van der Waals surface area contributed by atoms with Crippen molar-refractivity contribution < 1.29 is 10.0 Å². The fraction of sp³-hybridized carbons (Fsp3) is 0.0833. The summed E-state index contributed by atoms with van der Waals surface area (Å²) in [4.78, 5) is 10.7. The molecule has 0 spiro atoms. The standard InChI is InChI=1S/C12H12ClNO2/c1-9(2-7-12(15)14-16)8-10-3-5-11(13)6-4-10/h2-8,16H,1H3,(H,14,15)/b7-2+,9-8+. The predicted molar refractivity (Wildman–Crippen MR) is 64.2 cm³/mol. The van der Waals surface area contributed by atoms with E-state index in [0.717, 1.165) is 11.1 Å². The van der Waals surface area contributed by atoms with Crippen LogP contribution in [0.4, 0.5) is 0 Å². The molecule has 0 atom stereocenters. The van der Waals surface area contributed by atoms with Crippen molar-refractivity contribution in [2.24, 2.45) is 0 Å². The van der Waals surface area contributed by atoms with Gasteiger partial charge in [-0.25, -0.2) is 5.48 Å². The third kappa shape index (κ3) is 4.29. The van der Waals surface area contributed by atoms with Crippen molar-refractivity contribution in [3.63, 3.8) is 0 Å². The monoisotopic (exact) mass is 237 g/mol. The first-order chi connectivity index (χ1) is 7.61. The minimum atomic E-state index is -0.552. The van der Waals surface area contributed by atoms with Gasteiger partial charge >= 0.3 is 0 Å². The molecule has 1 aromatic rings. The van der Waals surface area contributed by atoms with Gasteiger partial charge in [-0.2, -0.15) is 0 Å². The number of nitrogens with one attached hydrogen (secondary N) is 1. The predicted octanol–water partition coefficient (Wildman–Crippen LogP) is 2.80. The largest absolute Gasteiger partial charge is 0.288 e. The van der Waals surface area contributed by atoms with E-state index in [1.165, 1.54) is 11.6 Å². The molecule has 4 heteroatoms. The second kappa shape index (κ2) is 6.10. The van der Waals surface area contributed by atoms with Crippen molar-refractivity contribution in [1.29, 1.82) is 0 Å². The molecular formula is C12H12ClNO2. The number of hydrogen-bond donors (Lipinski definition) is 2. The Kier molecular flexibility index (Phi) is 4.76. The number of hydroxylamine groups is 1. The number of benzene rings is 1. The summed E-state index contributed by atoms with van der Waals surface area (Å²) >= 11 is 5.75. The molecule has 1 amide bonds. The smallest absolute Gasteiger partial charge is 0.267 e. The average molecular weight is 238 g/mol. The van der Waals surface area contributed by atoms with Crippen molar-refractivity contribution in [2.75, 3.05) is 0 Å². The number of carbonyl (C=O) groups is 1. The van der Waals surface area contributed by atoms with Gasteiger partial charge in [-0.05, 0) is 24.6 Å². The molecule has 0 fully saturated rings. The molecule has 0 saturated carbocycles. The van der Waals surface area contributed by atoms with Gasteiger partial charge in [0.1, 0.15) is 0 Å². The van der Waals surface area contributed by atoms with Gasteiger partial charge in [0, 0.05) is 11.1 Å². The number of allylic oxidation sites excluding steroid dienone is 2. The van der Waals surface area contributed by atoms with Crippen molar-refractivity contribution in [3.05, 3.63) is 52.6 Å². The normalized spacial score (nSPS) is 11.8. The Morgan fingerprint density at radius 1 is 1.31 bits per heavy atom. The number of hydrogen-bond acceptors (Lipinski definition) is 2. The first-order valence-corrected chi connectivity index (χ1v) is 5.05. The van der Waals surface area contributed by atoms with Crippen LogP contribution < -0.4 is 5.48 Å². The molecule has 0 heterocycles. The first-order valence-electron chi connectivity index (χ1n) is 4.68. The van der Waals surface area contributed by atoms with Crippen molar-refractivity contribution in [1.82, 2.24) is 5.48 Å². The Balaban J connectivity index is 2.73. The summed E-state index contributed by atoms with van der Waals surface area (Å²) in [6.07, 6.45) is 4.76. The average Bonchev–Trinajstić information content (AvgIpc) is 2.29. The zero-order valence-corrected chi connectivity index (χ0v) is 9.53. The lowest BCUT2D eigenvalue weighted by molar-refractivity contribution is -0.124. The quantitative estimate of drug-likeness (QED) is 0.368. The molecule has 0 unspecified atom stereocenters. The number of halogens is 1. The highest BCUT2D eigenvalue weighted by Crippen LogP contribution is 2.12. The first kappa shape index (κ1) is 12.5. The topological polar surface area (TPSA) is 49.3 Å². The Hall–Kier alpha value is -1.58. The maximum atomic E-state index is 10.7. The maximum absolute atomic E-state index is 10.7. The van der Waals surface area contributed by atoms with Crippen LogP contribution >= 0.6 is 11.6 Å². The highest BCUT2D eigenvalue weighted by molar-refractivity contribution is 6.30. The Morgan fingerprint density at radius 2 is 1.94 bits per heavy atom. The van der Waals surface area contributed by atoms with E-state index in [-0.39, 0.29) is 0 Å². The SMILES string of the molecule is CC(/C=C/C(=O)NO)=C\c1ccc(Cl)cc1. The van der Waals surface area contributed by atoms with Gasteiger partial charge in [0.05, 0.1) is 0 Å². The highest BCUT2D eigenvalue weighted by atomic mass is 35.5. The summed E-state index contributed by atoms with van der Waals surface area (Å²) < 4.78 is 0. The van der Waals surface area contributed by atoms with Crippen molar-refractivity contribution >= 4 is 23.6 Å². The van der Waals surface area contributed by atoms with Gasteiger partial charge in [0.2, 0.25) is 0 Å². The van der Waals surface area contributed by atoms with Crippen LogP contribution in [0.2, 0.25) is 5.02 Å². The van der Waals surface area contributed by atoms with Crippen LogP contribution in [0, 0.1) is 0 Å². The Morgan fingerprint density at radius 3 is 2.50 bits per heavy atom. The Bertz CT molecular complexity index is 421. The van der Waals surface area contributed by atoms with Crippen LogP contribution in [0.5, 0.6) is 0 Å². The van der Waals surface area contributed by atoms with Crippen LogP contribution in [0.1, 0.15) is 12.5 Å². The van der Waals surface area contributed by atoms with Gasteiger partial charge in [-0.15, -0.1) is 0 Å². The molecule has 1 aromatic carbocycles. The van der Waals surface area contributed by atoms with E-state index >= 15 is 0 Å². The molecule has 0 saturated heterocycles. The number of amides is 1. The minimum absolute atomic E-state index is 0.552. The lowest BCUT2D eigenvalue weighted by Gasteiger charge is -1.96. The van der Waals surface area contributed by atoms with Crippen LogP contribution in [0.3, 0.4) is 0 Å². The summed E-state index contributed by atoms with van der Waals surface area (Å²) in [5.74, 6) is -0.552. The van der Waals surface area contributed by atoms with E-state index in [9.17, 15) is 4.79 Å². The molecule has 84 valence electrons. The molecule has 2 N–H and O–H groups in total. The highest BCUT2D eigenvalue weighted by Gasteiger charge is 1.91. The fourth-order valence-corrected chi connectivity index (χ4v) is 1.24. The van der Waals surface area contributed by atoms with E-state index in [0.29, 0.717) is 5.02 Å². The van der Waals surface area contributed by atoms with E-state index in [4.69, 9.17) is 16.8 Å². The zero-order valence-electron chi connectivity index (χ0n) is 8.77. The van der Waals surface area contributed by atoms with E-state index in [1.807, 2.05) is 25.1 Å². The molecule has 1 rings (SSSR count). The maximum Gasteiger partial charge on any atom is 0.267 e. The van der Waals surface area contributed by atoms with Gasteiger partial charge in [0.25, 0.3) is 5.91 Å². The Labute approximate surface area is 99.0 Å². The molecule has 0 bridgehead atoms. The van der Waals surface area contributed by atoms with E-state index in [2.05, 4.69) is 0 Å². The van der Waals surface area contributed by atoms with Crippen LogP contribution in [-0.2, 0) is 4.79 Å². The van der Waals surface area contributed by atoms with E-state index in [1.54, 1.807) is 18.2 Å². The second-order valence-electron chi connectivity index (χ2n) is 3.25. The summed E-state index contributed by atoms with van der Waals surface area (Å²) in [6, 6.07) is 7.35. The second-order valence-corrected chi connectivity index (χ2v) is 3.69. The molecule has 0 aliphatic carbocycles. The van der Waals surface area contributed by atoms with Crippen LogP contribution in [0.25, 0.3) is 6.08 Å². The molecule has 16 heavy (non-hydrogen) atoms. The van der Waals surface area contributed by atoms with Gasteiger partial charge in [0.15, 0.2) is 0 Å². The summed E-state index contributed by atoms with van der Waals surface area (Å²) in [7, 11) is 0. The molecule has 0 aromatic heterocycles. The van der Waals surface area contributed by atoms with Gasteiger partial charge < -0.3 is 0 Å². The van der Waals surface area contributed by atoms with E-state index < -0.39 is 5.91 Å². The molecular weight excluding hydrogens is 226 g/mol. The third-order valence-corrected chi connectivity index (χ3v) is 2.12. The van der Waals surface area contributed by atoms with Crippen molar-refractivity contribution in [2.45, 2.75) is 6.92 Å². The fourth-order valence-electron chi connectivity index (χ4n) is 1.11. The lowest BCUT2D eigenvalue weighted by atomic mass is 10.1. The van der Waals surface area contributed by atoms with Crippen LogP contribution in [-0.4, -0.2) is 11.1 Å². The molecule has 0 aliphatic rings. The summed E-state index contributed by atoms with van der Waals surface area (Å²) in [5.41, 5.74) is 3.41. The third-order valence-electron chi connectivity index (χ3n) is 1.87. The zero-order chi connectivity index (χ0) is 12.0. The minimum Gasteiger partial charge on any atom is -0.288 e. The molecule has 3 nitrogen and oxygen atoms in total. The van der Waals surface area contributed by atoms with Gasteiger partial charge in [-0.1, -0.05) is 41.5 Å². The van der Waals surface area contributed by atoms with Gasteiger partial charge in [-0.3, -0.25) is 10.0 Å². The molecule has 0 aliphatic heterocycles. The number of carbonyl (C=O) groups excluding carboxylic acids is 1. The van der Waals surface area contributed by atoms with Crippen LogP contribution in [0.15, 0.2) is 42.0 Å². The molecule has 0 radical (unpaired) electrons. The van der Waals surface area contributed by atoms with Crippen molar-refractivity contribution in [3.8, 4) is 0 Å².